The Morgan fingerprint density at radius 3 is 2.63 bits per heavy atom. The Labute approximate surface area is 119 Å². The first-order valence-electron chi connectivity index (χ1n) is 6.11. The molecule has 1 aromatic carbocycles. The van der Waals surface area contributed by atoms with Crippen LogP contribution in [-0.4, -0.2) is 27.0 Å². The van der Waals surface area contributed by atoms with Gasteiger partial charge in [-0.3, -0.25) is 0 Å². The number of sulfonamides is 1. The minimum Gasteiger partial charge on any atom is -0.396 e. The van der Waals surface area contributed by atoms with Gasteiger partial charge in [-0.05, 0) is 37.0 Å². The highest BCUT2D eigenvalue weighted by Crippen LogP contribution is 2.25. The zero-order valence-corrected chi connectivity index (χ0v) is 12.7. The van der Waals surface area contributed by atoms with Gasteiger partial charge in [0.15, 0.2) is 0 Å². The number of thioether (sulfide) groups is 1. The molecule has 0 saturated heterocycles. The van der Waals surface area contributed by atoms with Crippen molar-refractivity contribution < 1.29 is 8.42 Å². The van der Waals surface area contributed by atoms with Crippen LogP contribution in [0.2, 0.25) is 0 Å². The van der Waals surface area contributed by atoms with Gasteiger partial charge in [0.25, 0.3) is 0 Å². The number of hydrogen-bond acceptors (Lipinski definition) is 5. The largest absolute Gasteiger partial charge is 0.396 e. The van der Waals surface area contributed by atoms with E-state index in [0.29, 0.717) is 5.69 Å². The summed E-state index contributed by atoms with van der Waals surface area (Å²) in [4.78, 5) is -0.0279. The summed E-state index contributed by atoms with van der Waals surface area (Å²) in [6.07, 6.45) is 5.45. The van der Waals surface area contributed by atoms with Crippen molar-refractivity contribution in [2.75, 3.05) is 29.6 Å². The number of primary sulfonamides is 1. The van der Waals surface area contributed by atoms with Gasteiger partial charge < -0.3 is 11.1 Å². The molecule has 1 rings (SSSR count). The molecular formula is C12H21N3O2S2. The van der Waals surface area contributed by atoms with Crippen LogP contribution in [-0.2, 0) is 10.0 Å². The van der Waals surface area contributed by atoms with Gasteiger partial charge in [-0.1, -0.05) is 12.5 Å². The summed E-state index contributed by atoms with van der Waals surface area (Å²) in [5.41, 5.74) is 6.62. The lowest BCUT2D eigenvalue weighted by atomic mass is 10.2. The molecule has 5 nitrogen and oxygen atoms in total. The highest BCUT2D eigenvalue weighted by molar-refractivity contribution is 7.98. The van der Waals surface area contributed by atoms with E-state index in [0.717, 1.165) is 19.4 Å². The fourth-order valence-electron chi connectivity index (χ4n) is 1.72. The Bertz CT molecular complexity index is 504. The third kappa shape index (κ3) is 5.30. The molecule has 0 aromatic heterocycles. The van der Waals surface area contributed by atoms with Crippen LogP contribution >= 0.6 is 11.8 Å². The van der Waals surface area contributed by atoms with E-state index in [2.05, 4.69) is 11.6 Å². The maximum atomic E-state index is 11.3. The second-order valence-corrected chi connectivity index (χ2v) is 6.76. The van der Waals surface area contributed by atoms with Gasteiger partial charge in [0.1, 0.15) is 4.90 Å². The normalized spacial score (nSPS) is 11.5. The molecule has 0 atom stereocenters. The zero-order valence-electron chi connectivity index (χ0n) is 11.1. The van der Waals surface area contributed by atoms with Gasteiger partial charge in [0.05, 0.1) is 11.4 Å². The molecule has 0 bridgehead atoms. The average Bonchev–Trinajstić information content (AvgIpc) is 2.34. The number of nitrogens with two attached hydrogens (primary N) is 2. The second kappa shape index (κ2) is 7.62. The number of anilines is 2. The second-order valence-electron chi connectivity index (χ2n) is 4.24. The summed E-state index contributed by atoms with van der Waals surface area (Å²) in [7, 11) is -3.77. The first kappa shape index (κ1) is 16.1. The molecule has 0 unspecified atom stereocenters. The predicted octanol–water partition coefficient (Wildman–Crippen LogP) is 1.86. The molecule has 0 aliphatic heterocycles. The van der Waals surface area contributed by atoms with Crippen molar-refractivity contribution in [2.45, 2.75) is 24.2 Å². The summed E-state index contributed by atoms with van der Waals surface area (Å²) in [5.74, 6) is 1.17. The smallest absolute Gasteiger partial charge is 0.240 e. The van der Waals surface area contributed by atoms with E-state index in [-0.39, 0.29) is 10.6 Å². The maximum Gasteiger partial charge on any atom is 0.240 e. The predicted molar refractivity (Wildman–Crippen MR) is 83.0 cm³/mol. The third-order valence-electron chi connectivity index (χ3n) is 2.71. The fourth-order valence-corrected chi connectivity index (χ4v) is 2.90. The molecule has 0 fully saturated rings. The van der Waals surface area contributed by atoms with Crippen molar-refractivity contribution in [3.8, 4) is 0 Å². The summed E-state index contributed by atoms with van der Waals surface area (Å²) in [6.45, 7) is 0.770. The number of nitrogens with one attached hydrogen (secondary N) is 1. The number of rotatable bonds is 8. The molecule has 0 amide bonds. The summed E-state index contributed by atoms with van der Waals surface area (Å²) >= 11 is 1.84. The van der Waals surface area contributed by atoms with Crippen molar-refractivity contribution >= 4 is 33.2 Å². The Morgan fingerprint density at radius 2 is 2.00 bits per heavy atom. The molecule has 108 valence electrons. The van der Waals surface area contributed by atoms with Gasteiger partial charge in [0, 0.05) is 6.54 Å². The van der Waals surface area contributed by atoms with Crippen LogP contribution in [0.5, 0.6) is 0 Å². The van der Waals surface area contributed by atoms with Crippen LogP contribution < -0.4 is 16.2 Å². The lowest BCUT2D eigenvalue weighted by molar-refractivity contribution is 0.598. The molecular weight excluding hydrogens is 282 g/mol. The van der Waals surface area contributed by atoms with Gasteiger partial charge in [-0.15, -0.1) is 0 Å². The zero-order chi connectivity index (χ0) is 14.3. The van der Waals surface area contributed by atoms with Crippen molar-refractivity contribution in [1.82, 2.24) is 0 Å². The Balaban J connectivity index is 2.56. The molecule has 19 heavy (non-hydrogen) atoms. The van der Waals surface area contributed by atoms with Crippen molar-refractivity contribution in [3.63, 3.8) is 0 Å². The van der Waals surface area contributed by atoms with E-state index in [1.807, 2.05) is 11.8 Å². The fraction of sp³-hybridized carbons (Fsp3) is 0.500. The standard InChI is InChI=1S/C12H21N3O2S2/c1-18-9-4-2-3-8-15-10-6-5-7-11(12(10)13)19(14,16)17/h5-7,15H,2-4,8-9,13H2,1H3,(H2,14,16,17). The van der Waals surface area contributed by atoms with E-state index in [1.165, 1.54) is 18.2 Å². The Hall–Kier alpha value is -0.920. The third-order valence-corrected chi connectivity index (χ3v) is 4.38. The molecule has 0 aliphatic carbocycles. The Kier molecular flexibility index (Phi) is 6.47. The van der Waals surface area contributed by atoms with Crippen LogP contribution in [0.25, 0.3) is 0 Å². The number of hydrogen-bond donors (Lipinski definition) is 3. The minimum absolute atomic E-state index is 0.0279. The SMILES string of the molecule is CSCCCCCNc1cccc(S(N)(=O)=O)c1N. The summed E-state index contributed by atoms with van der Waals surface area (Å²) < 4.78 is 22.6. The molecule has 0 heterocycles. The van der Waals surface area contributed by atoms with Crippen LogP contribution in [0.3, 0.4) is 0 Å². The minimum atomic E-state index is -3.77. The number of benzene rings is 1. The first-order valence-corrected chi connectivity index (χ1v) is 9.05. The van der Waals surface area contributed by atoms with E-state index in [9.17, 15) is 8.42 Å². The van der Waals surface area contributed by atoms with Crippen LogP contribution in [0, 0.1) is 0 Å². The number of para-hydroxylation sites is 1. The molecule has 7 heteroatoms. The van der Waals surface area contributed by atoms with Crippen molar-refractivity contribution in [2.24, 2.45) is 5.14 Å². The monoisotopic (exact) mass is 303 g/mol. The first-order chi connectivity index (χ1) is 8.96. The molecule has 0 aliphatic rings. The Morgan fingerprint density at radius 1 is 1.26 bits per heavy atom. The number of unbranched alkanes of at least 4 members (excludes halogenated alkanes) is 2. The molecule has 0 saturated carbocycles. The van der Waals surface area contributed by atoms with Crippen LogP contribution in [0.15, 0.2) is 23.1 Å². The highest BCUT2D eigenvalue weighted by atomic mass is 32.2. The quantitative estimate of drug-likeness (QED) is 0.503. The van der Waals surface area contributed by atoms with E-state index in [1.54, 1.807) is 12.1 Å². The molecule has 0 spiro atoms. The summed E-state index contributed by atoms with van der Waals surface area (Å²) in [5, 5.41) is 8.25. The van der Waals surface area contributed by atoms with E-state index >= 15 is 0 Å². The van der Waals surface area contributed by atoms with Crippen LogP contribution in [0.4, 0.5) is 11.4 Å². The summed E-state index contributed by atoms with van der Waals surface area (Å²) in [6, 6.07) is 4.80. The van der Waals surface area contributed by atoms with E-state index in [4.69, 9.17) is 10.9 Å². The average molecular weight is 303 g/mol. The van der Waals surface area contributed by atoms with Gasteiger partial charge >= 0.3 is 0 Å². The lowest BCUT2D eigenvalue weighted by Gasteiger charge is -2.11. The van der Waals surface area contributed by atoms with Gasteiger partial charge in [-0.25, -0.2) is 13.6 Å². The van der Waals surface area contributed by atoms with Gasteiger partial charge in [0.2, 0.25) is 10.0 Å². The highest BCUT2D eigenvalue weighted by Gasteiger charge is 2.14. The van der Waals surface area contributed by atoms with Crippen molar-refractivity contribution in [3.05, 3.63) is 18.2 Å². The van der Waals surface area contributed by atoms with Crippen LogP contribution in [0.1, 0.15) is 19.3 Å². The molecule has 1 aromatic rings. The maximum absolute atomic E-state index is 11.3. The lowest BCUT2D eigenvalue weighted by Crippen LogP contribution is -2.15. The van der Waals surface area contributed by atoms with Crippen molar-refractivity contribution in [1.29, 1.82) is 0 Å². The van der Waals surface area contributed by atoms with Gasteiger partial charge in [-0.2, -0.15) is 11.8 Å². The molecule has 5 N–H and O–H groups in total. The number of nitrogen functional groups attached to an aromatic ring is 1. The molecule has 0 radical (unpaired) electrons. The topological polar surface area (TPSA) is 98.2 Å². The van der Waals surface area contributed by atoms with E-state index < -0.39 is 10.0 Å².